The first-order valence-electron chi connectivity index (χ1n) is 6.16. The average Bonchev–Trinajstić information content (AvgIpc) is 2.37. The Kier molecular flexibility index (Phi) is 5.74. The largest absolute Gasteiger partial charge is 0.416 e. The maximum absolute atomic E-state index is 12.5. The smallest absolute Gasteiger partial charge is 0.398 e. The van der Waals surface area contributed by atoms with Gasteiger partial charge in [0, 0.05) is 23.7 Å². The Morgan fingerprint density at radius 1 is 1.30 bits per heavy atom. The maximum Gasteiger partial charge on any atom is 0.416 e. The topological polar surface area (TPSA) is 46.3 Å². The van der Waals surface area contributed by atoms with E-state index in [0.717, 1.165) is 23.9 Å². The molecule has 0 aliphatic rings. The average molecular weight is 306 g/mol. The van der Waals surface area contributed by atoms with Crippen LogP contribution in [0.1, 0.15) is 19.4 Å². The summed E-state index contributed by atoms with van der Waals surface area (Å²) in [5.74, 6) is 0.108. The second-order valence-electron chi connectivity index (χ2n) is 4.11. The summed E-state index contributed by atoms with van der Waals surface area (Å²) in [6.45, 7) is 4.97. The van der Waals surface area contributed by atoms with Gasteiger partial charge in [-0.2, -0.15) is 13.2 Å². The highest BCUT2D eigenvalue weighted by Gasteiger charge is 2.30. The van der Waals surface area contributed by atoms with E-state index in [1.54, 1.807) is 4.90 Å². The molecule has 7 heteroatoms. The van der Waals surface area contributed by atoms with Crippen molar-refractivity contribution in [3.63, 3.8) is 0 Å². The second-order valence-corrected chi connectivity index (χ2v) is 5.12. The number of hydrogen-bond acceptors (Lipinski definition) is 3. The van der Waals surface area contributed by atoms with Crippen LogP contribution in [0.25, 0.3) is 0 Å². The summed E-state index contributed by atoms with van der Waals surface area (Å²) in [7, 11) is 0. The highest BCUT2D eigenvalue weighted by Crippen LogP contribution is 2.34. The number of anilines is 1. The van der Waals surface area contributed by atoms with E-state index in [1.807, 2.05) is 13.8 Å². The van der Waals surface area contributed by atoms with Crippen LogP contribution < -0.4 is 5.73 Å². The van der Waals surface area contributed by atoms with Crippen molar-refractivity contribution < 1.29 is 18.0 Å². The van der Waals surface area contributed by atoms with Crippen molar-refractivity contribution in [2.75, 3.05) is 24.6 Å². The number of amides is 1. The molecule has 0 atom stereocenters. The van der Waals surface area contributed by atoms with Crippen LogP contribution in [0.2, 0.25) is 0 Å². The molecule has 0 aromatic heterocycles. The zero-order chi connectivity index (χ0) is 15.3. The number of hydrogen-bond donors (Lipinski definition) is 1. The minimum Gasteiger partial charge on any atom is -0.398 e. The molecule has 0 spiro atoms. The third-order valence-electron chi connectivity index (χ3n) is 2.80. The first-order valence-corrected chi connectivity index (χ1v) is 7.15. The molecule has 0 aliphatic carbocycles. The Labute approximate surface area is 120 Å². The molecule has 0 saturated heterocycles. The van der Waals surface area contributed by atoms with E-state index < -0.39 is 11.7 Å². The highest BCUT2D eigenvalue weighted by atomic mass is 32.2. The van der Waals surface area contributed by atoms with Gasteiger partial charge in [0.15, 0.2) is 0 Å². The summed E-state index contributed by atoms with van der Waals surface area (Å²) in [5.41, 5.74) is 4.86. The summed E-state index contributed by atoms with van der Waals surface area (Å²) in [4.78, 5) is 13.9. The summed E-state index contributed by atoms with van der Waals surface area (Å²) in [6, 6.07) is 3.17. The molecular weight excluding hydrogens is 289 g/mol. The Morgan fingerprint density at radius 3 is 2.35 bits per heavy atom. The number of carbonyl (C=O) groups excluding carboxylic acids is 1. The molecule has 2 N–H and O–H groups in total. The molecule has 0 fully saturated rings. The SMILES string of the molecule is CCN(CC)C(=O)CSc1ccc(C(F)(F)F)cc1N. The monoisotopic (exact) mass is 306 g/mol. The van der Waals surface area contributed by atoms with Crippen LogP contribution in [0.5, 0.6) is 0 Å². The van der Waals surface area contributed by atoms with Crippen molar-refractivity contribution in [3.05, 3.63) is 23.8 Å². The number of carbonyl (C=O) groups is 1. The van der Waals surface area contributed by atoms with Gasteiger partial charge in [-0.25, -0.2) is 0 Å². The lowest BCUT2D eigenvalue weighted by Crippen LogP contribution is -2.31. The summed E-state index contributed by atoms with van der Waals surface area (Å²) in [6.07, 6.45) is -4.41. The number of thioether (sulfide) groups is 1. The number of rotatable bonds is 5. The van der Waals surface area contributed by atoms with Crippen molar-refractivity contribution in [2.45, 2.75) is 24.9 Å². The molecular formula is C13H17F3N2OS. The molecule has 1 rings (SSSR count). The van der Waals surface area contributed by atoms with Crippen LogP contribution in [-0.2, 0) is 11.0 Å². The van der Waals surface area contributed by atoms with Gasteiger partial charge in [0.05, 0.1) is 11.3 Å². The fourth-order valence-electron chi connectivity index (χ4n) is 1.66. The van der Waals surface area contributed by atoms with Crippen molar-refractivity contribution in [1.82, 2.24) is 4.90 Å². The Hall–Kier alpha value is -1.37. The Morgan fingerprint density at radius 2 is 1.90 bits per heavy atom. The van der Waals surface area contributed by atoms with Crippen LogP contribution >= 0.6 is 11.8 Å². The standard InChI is InChI=1S/C13H17F3N2OS/c1-3-18(4-2)12(19)8-20-11-6-5-9(7-10(11)17)13(14,15)16/h5-7H,3-4,8,17H2,1-2H3. The van der Waals surface area contributed by atoms with Crippen LogP contribution in [0.15, 0.2) is 23.1 Å². The van der Waals surface area contributed by atoms with Crippen molar-refractivity contribution >= 4 is 23.4 Å². The number of nitrogens with two attached hydrogens (primary N) is 1. The van der Waals surface area contributed by atoms with E-state index in [1.165, 1.54) is 6.07 Å². The van der Waals surface area contributed by atoms with Gasteiger partial charge in [-0.15, -0.1) is 11.8 Å². The van der Waals surface area contributed by atoms with Crippen molar-refractivity contribution in [1.29, 1.82) is 0 Å². The van der Waals surface area contributed by atoms with Gasteiger partial charge in [0.2, 0.25) is 5.91 Å². The number of benzene rings is 1. The van der Waals surface area contributed by atoms with Crippen LogP contribution in [0, 0.1) is 0 Å². The van der Waals surface area contributed by atoms with Crippen molar-refractivity contribution in [3.8, 4) is 0 Å². The zero-order valence-electron chi connectivity index (χ0n) is 11.3. The molecule has 3 nitrogen and oxygen atoms in total. The van der Waals surface area contributed by atoms with E-state index >= 15 is 0 Å². The van der Waals surface area contributed by atoms with E-state index in [9.17, 15) is 18.0 Å². The fourth-order valence-corrected chi connectivity index (χ4v) is 2.51. The van der Waals surface area contributed by atoms with Gasteiger partial charge in [-0.05, 0) is 32.0 Å². The summed E-state index contributed by atoms with van der Waals surface area (Å²) in [5, 5.41) is 0. The lowest BCUT2D eigenvalue weighted by molar-refractivity contribution is -0.137. The molecule has 0 unspecified atom stereocenters. The number of nitrogen functional groups attached to an aromatic ring is 1. The van der Waals surface area contributed by atoms with Crippen LogP contribution in [0.3, 0.4) is 0 Å². The molecule has 1 aromatic rings. The third kappa shape index (κ3) is 4.33. The van der Waals surface area contributed by atoms with Crippen LogP contribution in [-0.4, -0.2) is 29.6 Å². The number of halogens is 3. The highest BCUT2D eigenvalue weighted by molar-refractivity contribution is 8.00. The van der Waals surface area contributed by atoms with Gasteiger partial charge < -0.3 is 10.6 Å². The van der Waals surface area contributed by atoms with E-state index in [-0.39, 0.29) is 17.3 Å². The minimum atomic E-state index is -4.41. The maximum atomic E-state index is 12.5. The molecule has 20 heavy (non-hydrogen) atoms. The molecule has 0 heterocycles. The van der Waals surface area contributed by atoms with E-state index in [2.05, 4.69) is 0 Å². The predicted octanol–water partition coefficient (Wildman–Crippen LogP) is 3.25. The lowest BCUT2D eigenvalue weighted by atomic mass is 10.2. The Balaban J connectivity index is 2.73. The predicted molar refractivity (Wildman–Crippen MR) is 74.5 cm³/mol. The molecule has 0 bridgehead atoms. The first-order chi connectivity index (χ1) is 9.29. The van der Waals surface area contributed by atoms with Gasteiger partial charge >= 0.3 is 6.18 Å². The summed E-state index contributed by atoms with van der Waals surface area (Å²) < 4.78 is 37.5. The van der Waals surface area contributed by atoms with Crippen molar-refractivity contribution in [2.24, 2.45) is 0 Å². The number of alkyl halides is 3. The molecule has 0 saturated carbocycles. The second kappa shape index (κ2) is 6.88. The molecule has 0 aliphatic heterocycles. The minimum absolute atomic E-state index is 0.0390. The van der Waals surface area contributed by atoms with Gasteiger partial charge in [0.1, 0.15) is 0 Å². The number of nitrogens with zero attached hydrogens (tertiary/aromatic N) is 1. The van der Waals surface area contributed by atoms with Gasteiger partial charge in [-0.3, -0.25) is 4.79 Å². The lowest BCUT2D eigenvalue weighted by Gasteiger charge is -2.18. The molecule has 1 amide bonds. The fraction of sp³-hybridized carbons (Fsp3) is 0.462. The third-order valence-corrected chi connectivity index (χ3v) is 3.88. The van der Waals surface area contributed by atoms with Crippen LogP contribution in [0.4, 0.5) is 18.9 Å². The van der Waals surface area contributed by atoms with Gasteiger partial charge in [-0.1, -0.05) is 0 Å². The molecule has 0 radical (unpaired) electrons. The quantitative estimate of drug-likeness (QED) is 0.671. The molecule has 112 valence electrons. The van der Waals surface area contributed by atoms with E-state index in [4.69, 9.17) is 5.73 Å². The van der Waals surface area contributed by atoms with E-state index in [0.29, 0.717) is 18.0 Å². The summed E-state index contributed by atoms with van der Waals surface area (Å²) >= 11 is 1.15. The Bertz CT molecular complexity index is 473. The zero-order valence-corrected chi connectivity index (χ0v) is 12.1. The first kappa shape index (κ1) is 16.7. The van der Waals surface area contributed by atoms with Gasteiger partial charge in [0.25, 0.3) is 0 Å². The molecule has 1 aromatic carbocycles. The normalized spacial score (nSPS) is 11.4.